The monoisotopic (exact) mass is 497 g/mol. The molecular formula is C23H17Cl2N5O4. The van der Waals surface area contributed by atoms with Crippen molar-refractivity contribution in [3.8, 4) is 0 Å². The first-order valence-electron chi connectivity index (χ1n) is 10.1. The van der Waals surface area contributed by atoms with Crippen LogP contribution in [0.15, 0.2) is 65.5 Å². The molecule has 9 nitrogen and oxygen atoms in total. The van der Waals surface area contributed by atoms with Crippen LogP contribution in [0.4, 0.5) is 17.3 Å². The summed E-state index contributed by atoms with van der Waals surface area (Å²) in [7, 11) is 0. The lowest BCUT2D eigenvalue weighted by molar-refractivity contribution is -0.384. The smallest absolute Gasteiger partial charge is 0.271 e. The van der Waals surface area contributed by atoms with Gasteiger partial charge in [-0.25, -0.2) is 4.98 Å². The van der Waals surface area contributed by atoms with E-state index in [1.54, 1.807) is 18.2 Å². The van der Waals surface area contributed by atoms with E-state index >= 15 is 0 Å². The molecule has 4 aromatic rings. The number of aromatic amines is 1. The Balaban J connectivity index is 1.69. The quantitative estimate of drug-likeness (QED) is 0.247. The van der Waals surface area contributed by atoms with Crippen LogP contribution in [-0.2, 0) is 6.42 Å². The molecule has 0 aliphatic heterocycles. The van der Waals surface area contributed by atoms with Gasteiger partial charge in [-0.3, -0.25) is 24.7 Å². The number of nitro benzene ring substituents is 1. The highest BCUT2D eigenvalue weighted by atomic mass is 35.5. The Bertz CT molecular complexity index is 1460. The molecule has 0 fully saturated rings. The number of anilines is 2. The largest absolute Gasteiger partial charge is 0.352 e. The molecular weight excluding hydrogens is 481 g/mol. The maximum Gasteiger partial charge on any atom is 0.271 e. The van der Waals surface area contributed by atoms with Gasteiger partial charge in [0.25, 0.3) is 17.2 Å². The number of non-ortho nitro benzene ring substituents is 1. The summed E-state index contributed by atoms with van der Waals surface area (Å²) in [6.07, 6.45) is 0.567. The van der Waals surface area contributed by atoms with Gasteiger partial charge in [0.15, 0.2) is 0 Å². The molecule has 0 radical (unpaired) electrons. The fraction of sp³-hybridized carbons (Fsp3) is 0.0870. The lowest BCUT2D eigenvalue weighted by Crippen LogP contribution is -2.27. The molecule has 1 heterocycles. The fourth-order valence-electron chi connectivity index (χ4n) is 3.34. The summed E-state index contributed by atoms with van der Waals surface area (Å²) in [6.45, 7) is 0.296. The number of H-pyrrole nitrogens is 1. The Morgan fingerprint density at radius 3 is 2.53 bits per heavy atom. The zero-order valence-corrected chi connectivity index (χ0v) is 19.0. The second-order valence-corrected chi connectivity index (χ2v) is 8.12. The summed E-state index contributed by atoms with van der Waals surface area (Å²) in [5.41, 5.74) is 0.421. The number of halogens is 2. The van der Waals surface area contributed by atoms with Crippen LogP contribution in [0.25, 0.3) is 10.9 Å². The van der Waals surface area contributed by atoms with Crippen LogP contribution in [-0.4, -0.2) is 27.3 Å². The summed E-state index contributed by atoms with van der Waals surface area (Å²) < 4.78 is 0. The lowest BCUT2D eigenvalue weighted by atomic mass is 10.1. The third-order valence-electron chi connectivity index (χ3n) is 4.97. The highest BCUT2D eigenvalue weighted by molar-refractivity contribution is 6.42. The van der Waals surface area contributed by atoms with Crippen LogP contribution in [0.5, 0.6) is 0 Å². The second kappa shape index (κ2) is 9.90. The second-order valence-electron chi connectivity index (χ2n) is 7.31. The first-order valence-corrected chi connectivity index (χ1v) is 10.8. The van der Waals surface area contributed by atoms with Crippen molar-refractivity contribution in [2.24, 2.45) is 0 Å². The third-order valence-corrected chi connectivity index (χ3v) is 5.71. The van der Waals surface area contributed by atoms with E-state index < -0.39 is 22.1 Å². The number of fused-ring (bicyclic) bond motifs is 1. The van der Waals surface area contributed by atoms with Gasteiger partial charge in [-0.1, -0.05) is 53.5 Å². The molecule has 0 aliphatic rings. The Morgan fingerprint density at radius 2 is 1.82 bits per heavy atom. The van der Waals surface area contributed by atoms with Gasteiger partial charge < -0.3 is 10.6 Å². The van der Waals surface area contributed by atoms with E-state index in [4.69, 9.17) is 23.2 Å². The minimum absolute atomic E-state index is 0.0223. The molecule has 0 bridgehead atoms. The van der Waals surface area contributed by atoms with Crippen LogP contribution in [0, 0.1) is 10.1 Å². The lowest BCUT2D eigenvalue weighted by Gasteiger charge is -2.11. The normalized spacial score (nSPS) is 10.8. The van der Waals surface area contributed by atoms with Crippen LogP contribution in [0.1, 0.15) is 15.9 Å². The van der Waals surface area contributed by atoms with E-state index in [1.165, 1.54) is 0 Å². The average molecular weight is 498 g/mol. The van der Waals surface area contributed by atoms with Gasteiger partial charge in [-0.05, 0) is 30.2 Å². The maximum atomic E-state index is 12.9. The van der Waals surface area contributed by atoms with Crippen molar-refractivity contribution in [1.82, 2.24) is 15.3 Å². The topological polar surface area (TPSA) is 130 Å². The predicted molar refractivity (Wildman–Crippen MR) is 131 cm³/mol. The Kier molecular flexibility index (Phi) is 6.76. The van der Waals surface area contributed by atoms with Crippen molar-refractivity contribution < 1.29 is 9.72 Å². The first kappa shape index (κ1) is 23.2. The Labute approximate surface area is 202 Å². The first-order chi connectivity index (χ1) is 16.3. The average Bonchev–Trinajstić information content (AvgIpc) is 2.81. The van der Waals surface area contributed by atoms with E-state index in [9.17, 15) is 19.7 Å². The van der Waals surface area contributed by atoms with Gasteiger partial charge in [0.05, 0.1) is 31.4 Å². The minimum atomic E-state index is -0.665. The van der Waals surface area contributed by atoms with E-state index in [0.717, 1.165) is 17.7 Å². The van der Waals surface area contributed by atoms with Crippen molar-refractivity contribution >= 4 is 57.3 Å². The van der Waals surface area contributed by atoms with Crippen molar-refractivity contribution in [2.75, 3.05) is 11.9 Å². The van der Waals surface area contributed by atoms with Crippen LogP contribution < -0.4 is 16.2 Å². The van der Waals surface area contributed by atoms with Crippen molar-refractivity contribution in [3.05, 3.63) is 102 Å². The number of hydrogen-bond donors (Lipinski definition) is 3. The molecule has 0 aliphatic carbocycles. The molecule has 4 rings (SSSR count). The predicted octanol–water partition coefficient (Wildman–Crippen LogP) is 4.85. The fourth-order valence-corrected chi connectivity index (χ4v) is 3.63. The van der Waals surface area contributed by atoms with Crippen molar-refractivity contribution in [2.45, 2.75) is 6.42 Å². The van der Waals surface area contributed by atoms with Gasteiger partial charge in [0.1, 0.15) is 0 Å². The number of hydrogen-bond acceptors (Lipinski definition) is 6. The van der Waals surface area contributed by atoms with Gasteiger partial charge in [-0.15, -0.1) is 0 Å². The summed E-state index contributed by atoms with van der Waals surface area (Å²) in [4.78, 5) is 43.3. The number of nitro groups is 1. The van der Waals surface area contributed by atoms with Crippen molar-refractivity contribution in [1.29, 1.82) is 0 Å². The molecule has 1 amide bonds. The number of amides is 1. The summed E-state index contributed by atoms with van der Waals surface area (Å²) in [6, 6.07) is 16.5. The number of benzene rings is 3. The zero-order valence-electron chi connectivity index (χ0n) is 17.5. The summed E-state index contributed by atoms with van der Waals surface area (Å²) >= 11 is 12.0. The third kappa shape index (κ3) is 5.16. The molecule has 3 aromatic carbocycles. The molecule has 172 valence electrons. The van der Waals surface area contributed by atoms with Gasteiger partial charge in [0.2, 0.25) is 5.95 Å². The van der Waals surface area contributed by atoms with Gasteiger partial charge in [0, 0.05) is 24.4 Å². The molecule has 0 atom stereocenters. The molecule has 0 unspecified atom stereocenters. The van der Waals surface area contributed by atoms with Gasteiger partial charge in [-0.2, -0.15) is 0 Å². The standard InChI is InChI=1S/C23H17Cl2N5O4/c24-18-7-6-14(10-19(18)25)27-23-28-20-16(11-15(30(33)34)12-17(20)22(32)29-23)21(31)26-9-8-13-4-2-1-3-5-13/h1-7,10-12H,8-9H2,(H,26,31)(H2,27,28,29,32). The number of aromatic nitrogens is 2. The molecule has 0 saturated heterocycles. The van der Waals surface area contributed by atoms with E-state index in [1.807, 2.05) is 30.3 Å². The Hall–Kier alpha value is -3.95. The van der Waals surface area contributed by atoms with E-state index in [-0.39, 0.29) is 22.4 Å². The molecule has 3 N–H and O–H groups in total. The molecule has 1 aromatic heterocycles. The van der Waals surface area contributed by atoms with E-state index in [2.05, 4.69) is 20.6 Å². The highest BCUT2D eigenvalue weighted by Gasteiger charge is 2.20. The number of carbonyl (C=O) groups is 1. The van der Waals surface area contributed by atoms with Gasteiger partial charge >= 0.3 is 0 Å². The molecule has 34 heavy (non-hydrogen) atoms. The molecule has 11 heteroatoms. The Morgan fingerprint density at radius 1 is 1.06 bits per heavy atom. The summed E-state index contributed by atoms with van der Waals surface area (Å²) in [5, 5.41) is 17.6. The summed E-state index contributed by atoms with van der Waals surface area (Å²) in [5.74, 6) is -0.550. The highest BCUT2D eigenvalue weighted by Crippen LogP contribution is 2.27. The SMILES string of the molecule is O=C(NCCc1ccccc1)c1cc([N+](=O)[O-])cc2c(=O)[nH]c(Nc3ccc(Cl)c(Cl)c3)nc12. The van der Waals surface area contributed by atoms with Crippen LogP contribution in [0.3, 0.4) is 0 Å². The number of nitrogens with one attached hydrogen (secondary N) is 3. The van der Waals surface area contributed by atoms with E-state index in [0.29, 0.717) is 28.7 Å². The van der Waals surface area contributed by atoms with Crippen LogP contribution >= 0.6 is 23.2 Å². The van der Waals surface area contributed by atoms with Crippen LogP contribution in [0.2, 0.25) is 10.0 Å². The zero-order chi connectivity index (χ0) is 24.2. The molecule has 0 spiro atoms. The number of rotatable bonds is 7. The number of carbonyl (C=O) groups excluding carboxylic acids is 1. The minimum Gasteiger partial charge on any atom is -0.352 e. The number of nitrogens with zero attached hydrogens (tertiary/aromatic N) is 2. The molecule has 0 saturated carbocycles. The maximum absolute atomic E-state index is 12.9. The van der Waals surface area contributed by atoms with Crippen molar-refractivity contribution in [3.63, 3.8) is 0 Å².